The largest absolute Gasteiger partial charge is 0.475 e. The van der Waals surface area contributed by atoms with E-state index in [1.54, 1.807) is 26.0 Å². The molecule has 3 N–H and O–H groups in total. The average molecular weight is 291 g/mol. The van der Waals surface area contributed by atoms with Gasteiger partial charge in [0.1, 0.15) is 5.58 Å². The number of fused-ring (bicyclic) bond motifs is 1. The number of carboxylic acid groups (broad SMARTS) is 1. The Morgan fingerprint density at radius 2 is 1.86 bits per heavy atom. The minimum absolute atomic E-state index is 0.0600. The molecule has 2 aromatic rings. The van der Waals surface area contributed by atoms with Crippen molar-refractivity contribution in [2.75, 3.05) is 0 Å². The third-order valence-electron chi connectivity index (χ3n) is 4.13. The van der Waals surface area contributed by atoms with Crippen LogP contribution in [0.15, 0.2) is 28.7 Å². The Morgan fingerprint density at radius 1 is 1.24 bits per heavy atom. The lowest BCUT2D eigenvalue weighted by Crippen LogP contribution is -2.55. The second kappa shape index (κ2) is 5.16. The van der Waals surface area contributed by atoms with Crippen LogP contribution in [0.25, 0.3) is 11.0 Å². The van der Waals surface area contributed by atoms with Crippen LogP contribution in [-0.2, 0) is 6.54 Å². The van der Waals surface area contributed by atoms with E-state index < -0.39 is 17.1 Å². The van der Waals surface area contributed by atoms with Crippen LogP contribution < -0.4 is 5.32 Å². The Bertz CT molecular complexity index is 664. The van der Waals surface area contributed by atoms with Crippen molar-refractivity contribution in [1.82, 2.24) is 5.32 Å². The molecule has 114 valence electrons. The van der Waals surface area contributed by atoms with Crippen LogP contribution in [0.3, 0.4) is 0 Å². The lowest BCUT2D eigenvalue weighted by Gasteiger charge is -2.38. The monoisotopic (exact) mass is 291 g/mol. The zero-order chi connectivity index (χ0) is 15.8. The molecule has 0 saturated heterocycles. The first-order valence-electron chi connectivity index (χ1n) is 6.84. The Balaban J connectivity index is 2.38. The zero-order valence-electron chi connectivity index (χ0n) is 12.7. The van der Waals surface area contributed by atoms with E-state index in [9.17, 15) is 15.0 Å². The standard InChI is InChI=1S/C16H21NO4/c1-15(2,16(3,4)20)17-9-11-10-7-5-6-8-12(10)21-13(11)14(18)19/h5-8,17,20H,9H2,1-4H3,(H,18,19). The molecule has 0 spiro atoms. The van der Waals surface area contributed by atoms with Gasteiger partial charge >= 0.3 is 5.97 Å². The van der Waals surface area contributed by atoms with Gasteiger partial charge in [0.25, 0.3) is 0 Å². The maximum absolute atomic E-state index is 11.3. The molecule has 0 aliphatic carbocycles. The molecule has 1 heterocycles. The fraction of sp³-hybridized carbons (Fsp3) is 0.438. The summed E-state index contributed by atoms with van der Waals surface area (Å²) in [6.45, 7) is 7.47. The predicted octanol–water partition coefficient (Wildman–Crippen LogP) is 2.77. The Labute approximate surface area is 123 Å². The first-order valence-corrected chi connectivity index (χ1v) is 6.84. The SMILES string of the molecule is CC(C)(O)C(C)(C)NCc1c(C(=O)O)oc2ccccc12. The number of para-hydroxylation sites is 1. The molecule has 21 heavy (non-hydrogen) atoms. The van der Waals surface area contributed by atoms with E-state index in [0.29, 0.717) is 17.7 Å². The number of carbonyl (C=O) groups is 1. The second-order valence-corrected chi connectivity index (χ2v) is 6.25. The number of rotatable bonds is 5. The summed E-state index contributed by atoms with van der Waals surface area (Å²) in [6, 6.07) is 7.22. The van der Waals surface area contributed by atoms with E-state index in [-0.39, 0.29) is 5.76 Å². The van der Waals surface area contributed by atoms with Gasteiger partial charge in [0, 0.05) is 23.0 Å². The van der Waals surface area contributed by atoms with E-state index in [1.165, 1.54) is 0 Å². The molecule has 0 bridgehead atoms. The van der Waals surface area contributed by atoms with Crippen molar-refractivity contribution in [3.05, 3.63) is 35.6 Å². The van der Waals surface area contributed by atoms with Crippen LogP contribution in [0.1, 0.15) is 43.8 Å². The molecule has 0 radical (unpaired) electrons. The zero-order valence-corrected chi connectivity index (χ0v) is 12.7. The Hall–Kier alpha value is -1.85. The van der Waals surface area contributed by atoms with Crippen molar-refractivity contribution < 1.29 is 19.4 Å². The molecular formula is C16H21NO4. The van der Waals surface area contributed by atoms with Crippen molar-refractivity contribution in [3.8, 4) is 0 Å². The number of aliphatic hydroxyl groups is 1. The smallest absolute Gasteiger partial charge is 0.372 e. The van der Waals surface area contributed by atoms with Crippen LogP contribution in [0.4, 0.5) is 0 Å². The van der Waals surface area contributed by atoms with Crippen molar-refractivity contribution in [2.24, 2.45) is 0 Å². The van der Waals surface area contributed by atoms with Gasteiger partial charge in [-0.3, -0.25) is 0 Å². The lowest BCUT2D eigenvalue weighted by molar-refractivity contribution is -0.00533. The summed E-state index contributed by atoms with van der Waals surface area (Å²) < 4.78 is 5.41. The fourth-order valence-electron chi connectivity index (χ4n) is 1.97. The van der Waals surface area contributed by atoms with E-state index in [2.05, 4.69) is 5.32 Å². The van der Waals surface area contributed by atoms with Crippen LogP contribution in [0.5, 0.6) is 0 Å². The maximum atomic E-state index is 11.3. The number of hydrogen-bond donors (Lipinski definition) is 3. The van der Waals surface area contributed by atoms with Crippen LogP contribution >= 0.6 is 0 Å². The fourth-order valence-corrected chi connectivity index (χ4v) is 1.97. The third-order valence-corrected chi connectivity index (χ3v) is 4.13. The van der Waals surface area contributed by atoms with Crippen LogP contribution in [0.2, 0.25) is 0 Å². The highest BCUT2D eigenvalue weighted by molar-refractivity contribution is 5.95. The Kier molecular flexibility index (Phi) is 3.82. The number of carboxylic acids is 1. The molecule has 0 aliphatic rings. The van der Waals surface area contributed by atoms with Gasteiger partial charge in [0.15, 0.2) is 0 Å². The van der Waals surface area contributed by atoms with E-state index in [1.807, 2.05) is 26.0 Å². The van der Waals surface area contributed by atoms with Gasteiger partial charge < -0.3 is 19.9 Å². The van der Waals surface area contributed by atoms with Crippen LogP contribution in [0, 0.1) is 0 Å². The summed E-state index contributed by atoms with van der Waals surface area (Å²) in [5.41, 5.74) is -0.389. The summed E-state index contributed by atoms with van der Waals surface area (Å²) in [5, 5.41) is 23.4. The van der Waals surface area contributed by atoms with Crippen LogP contribution in [-0.4, -0.2) is 27.3 Å². The number of nitrogens with one attached hydrogen (secondary N) is 1. The minimum Gasteiger partial charge on any atom is -0.475 e. The lowest BCUT2D eigenvalue weighted by atomic mass is 9.86. The van der Waals surface area contributed by atoms with Gasteiger partial charge in [0.2, 0.25) is 5.76 Å². The summed E-state index contributed by atoms with van der Waals surface area (Å²) >= 11 is 0. The molecular weight excluding hydrogens is 270 g/mol. The molecule has 2 rings (SSSR count). The molecule has 0 aliphatic heterocycles. The highest BCUT2D eigenvalue weighted by atomic mass is 16.4. The topological polar surface area (TPSA) is 82.7 Å². The summed E-state index contributed by atoms with van der Waals surface area (Å²) in [4.78, 5) is 11.3. The van der Waals surface area contributed by atoms with Gasteiger partial charge in [-0.1, -0.05) is 18.2 Å². The maximum Gasteiger partial charge on any atom is 0.372 e. The molecule has 0 amide bonds. The molecule has 5 heteroatoms. The second-order valence-electron chi connectivity index (χ2n) is 6.25. The van der Waals surface area contributed by atoms with E-state index in [4.69, 9.17) is 4.42 Å². The molecule has 0 saturated carbocycles. The van der Waals surface area contributed by atoms with Gasteiger partial charge in [-0.15, -0.1) is 0 Å². The molecule has 1 aromatic carbocycles. The first-order chi connectivity index (χ1) is 9.63. The average Bonchev–Trinajstić information content (AvgIpc) is 2.74. The highest BCUT2D eigenvalue weighted by Crippen LogP contribution is 2.28. The molecule has 0 unspecified atom stereocenters. The molecule has 0 fully saturated rings. The summed E-state index contributed by atoms with van der Waals surface area (Å²) in [7, 11) is 0. The quantitative estimate of drug-likeness (QED) is 0.789. The van der Waals surface area contributed by atoms with E-state index in [0.717, 1.165) is 5.39 Å². The van der Waals surface area contributed by atoms with Gasteiger partial charge in [-0.2, -0.15) is 0 Å². The number of aromatic carboxylic acids is 1. The minimum atomic E-state index is -1.09. The van der Waals surface area contributed by atoms with Gasteiger partial charge in [-0.25, -0.2) is 4.79 Å². The van der Waals surface area contributed by atoms with Crippen molar-refractivity contribution in [1.29, 1.82) is 0 Å². The highest BCUT2D eigenvalue weighted by Gasteiger charge is 2.35. The van der Waals surface area contributed by atoms with Gasteiger partial charge in [0.05, 0.1) is 5.60 Å². The van der Waals surface area contributed by atoms with Gasteiger partial charge in [-0.05, 0) is 33.8 Å². The normalized spacial score (nSPS) is 12.8. The van der Waals surface area contributed by atoms with Crippen molar-refractivity contribution >= 4 is 16.9 Å². The molecule has 5 nitrogen and oxygen atoms in total. The summed E-state index contributed by atoms with van der Waals surface area (Å²) in [6.07, 6.45) is 0. The predicted molar refractivity (Wildman–Crippen MR) is 80.4 cm³/mol. The number of furan rings is 1. The molecule has 1 aromatic heterocycles. The first kappa shape index (κ1) is 15.5. The number of hydrogen-bond acceptors (Lipinski definition) is 4. The third kappa shape index (κ3) is 2.94. The van der Waals surface area contributed by atoms with Crippen molar-refractivity contribution in [3.63, 3.8) is 0 Å². The Morgan fingerprint density at radius 3 is 2.43 bits per heavy atom. The number of benzene rings is 1. The van der Waals surface area contributed by atoms with Crippen molar-refractivity contribution in [2.45, 2.75) is 45.4 Å². The molecule has 0 atom stereocenters. The van der Waals surface area contributed by atoms with E-state index >= 15 is 0 Å². The summed E-state index contributed by atoms with van der Waals surface area (Å²) in [5.74, 6) is -1.15.